The molecule has 0 saturated carbocycles. The molecule has 3 aromatic heterocycles. The van der Waals surface area contributed by atoms with Crippen molar-refractivity contribution in [3.05, 3.63) is 35.7 Å². The molecule has 0 aliphatic carbocycles. The molecule has 5 rings (SSSR count). The summed E-state index contributed by atoms with van der Waals surface area (Å²) in [6, 6.07) is 5.31. The zero-order valence-electron chi connectivity index (χ0n) is 19.6. The number of likely N-dealkylation sites (tertiary alicyclic amines) is 1. The van der Waals surface area contributed by atoms with Crippen molar-refractivity contribution in [1.82, 2.24) is 29.6 Å². The topological polar surface area (TPSA) is 152 Å². The SMILES string of the molecule is CCn1nc(C)cc1-c1ncc2c(n1)[nH]c1c(OCCCC3CN(C(=O)O)C3)cc(C(N)=O)cc12. The van der Waals surface area contributed by atoms with E-state index in [1.54, 1.807) is 18.3 Å². The lowest BCUT2D eigenvalue weighted by molar-refractivity contribution is 0.0757. The molecule has 35 heavy (non-hydrogen) atoms. The van der Waals surface area contributed by atoms with Gasteiger partial charge in [-0.3, -0.25) is 9.48 Å². The second kappa shape index (κ2) is 8.90. The standard InChI is InChI=1S/C24H27N7O4/c1-3-31-18(7-13(2)29-31)23-26-10-17-16-8-15(21(25)32)9-19(20(16)27-22(17)28-23)35-6-4-5-14-11-30(12-14)24(33)34/h7-10,14H,3-6,11-12H2,1-2H3,(H2,25,32)(H,33,34)(H,26,27,28). The lowest BCUT2D eigenvalue weighted by Crippen LogP contribution is -2.49. The molecule has 1 aliphatic rings. The highest BCUT2D eigenvalue weighted by molar-refractivity contribution is 6.11. The Morgan fingerprint density at radius 3 is 2.77 bits per heavy atom. The smallest absolute Gasteiger partial charge is 0.407 e. The van der Waals surface area contributed by atoms with Gasteiger partial charge in [-0.1, -0.05) is 0 Å². The number of hydrogen-bond acceptors (Lipinski definition) is 6. The van der Waals surface area contributed by atoms with Crippen molar-refractivity contribution < 1.29 is 19.4 Å². The molecule has 0 unspecified atom stereocenters. The number of carbonyl (C=O) groups excluding carboxylic acids is 1. The number of aromatic nitrogens is 5. The summed E-state index contributed by atoms with van der Waals surface area (Å²) in [6.07, 6.45) is 2.50. The van der Waals surface area contributed by atoms with E-state index in [-0.39, 0.29) is 0 Å². The quantitative estimate of drug-likeness (QED) is 0.330. The number of nitrogens with zero attached hydrogens (tertiary/aromatic N) is 5. The molecule has 1 fully saturated rings. The largest absolute Gasteiger partial charge is 0.491 e. The Labute approximate surface area is 200 Å². The minimum Gasteiger partial charge on any atom is -0.491 e. The molecule has 1 saturated heterocycles. The maximum absolute atomic E-state index is 12.0. The van der Waals surface area contributed by atoms with Crippen LogP contribution in [0.1, 0.15) is 35.8 Å². The Morgan fingerprint density at radius 1 is 1.26 bits per heavy atom. The van der Waals surface area contributed by atoms with Crippen LogP contribution in [0.4, 0.5) is 4.79 Å². The van der Waals surface area contributed by atoms with Gasteiger partial charge in [-0.2, -0.15) is 5.10 Å². The van der Waals surface area contributed by atoms with E-state index in [4.69, 9.17) is 20.6 Å². The van der Waals surface area contributed by atoms with Gasteiger partial charge in [-0.25, -0.2) is 14.8 Å². The van der Waals surface area contributed by atoms with Gasteiger partial charge in [0.2, 0.25) is 5.91 Å². The predicted molar refractivity (Wildman–Crippen MR) is 129 cm³/mol. The number of benzene rings is 1. The molecule has 4 heterocycles. The van der Waals surface area contributed by atoms with E-state index in [0.717, 1.165) is 40.5 Å². The van der Waals surface area contributed by atoms with Crippen LogP contribution in [0.25, 0.3) is 33.5 Å². The van der Waals surface area contributed by atoms with Crippen molar-refractivity contribution >= 4 is 33.9 Å². The first kappa shape index (κ1) is 22.6. The molecular formula is C24H27N7O4. The minimum atomic E-state index is -0.873. The van der Waals surface area contributed by atoms with E-state index in [9.17, 15) is 9.59 Å². The van der Waals surface area contributed by atoms with Crippen molar-refractivity contribution in [2.24, 2.45) is 11.7 Å². The number of carboxylic acid groups (broad SMARTS) is 1. The lowest BCUT2D eigenvalue weighted by atomic mass is 9.95. The van der Waals surface area contributed by atoms with Gasteiger partial charge >= 0.3 is 6.09 Å². The van der Waals surface area contributed by atoms with Gasteiger partial charge in [0.1, 0.15) is 17.1 Å². The number of amides is 2. The maximum atomic E-state index is 12.0. The molecule has 1 aliphatic heterocycles. The van der Waals surface area contributed by atoms with Crippen LogP contribution in [0.3, 0.4) is 0 Å². The number of nitrogens with one attached hydrogen (secondary N) is 1. The Morgan fingerprint density at radius 2 is 2.06 bits per heavy atom. The zero-order valence-corrected chi connectivity index (χ0v) is 19.6. The lowest BCUT2D eigenvalue weighted by Gasteiger charge is -2.37. The highest BCUT2D eigenvalue weighted by atomic mass is 16.5. The third-order valence-electron chi connectivity index (χ3n) is 6.38. The number of rotatable bonds is 8. The van der Waals surface area contributed by atoms with Crippen LogP contribution in [-0.2, 0) is 6.54 Å². The summed E-state index contributed by atoms with van der Waals surface area (Å²) in [5.74, 6) is 0.883. The van der Waals surface area contributed by atoms with Crippen LogP contribution >= 0.6 is 0 Å². The number of carbonyl (C=O) groups is 2. The summed E-state index contributed by atoms with van der Waals surface area (Å²) >= 11 is 0. The first-order valence-corrected chi connectivity index (χ1v) is 11.6. The first-order chi connectivity index (χ1) is 16.8. The van der Waals surface area contributed by atoms with E-state index in [1.165, 1.54) is 4.90 Å². The molecule has 0 spiro atoms. The molecule has 0 atom stereocenters. The van der Waals surface area contributed by atoms with Gasteiger partial charge in [0.25, 0.3) is 0 Å². The predicted octanol–water partition coefficient (Wildman–Crippen LogP) is 3.17. The van der Waals surface area contributed by atoms with Crippen LogP contribution in [0, 0.1) is 12.8 Å². The fourth-order valence-corrected chi connectivity index (χ4v) is 4.56. The van der Waals surface area contributed by atoms with E-state index in [0.29, 0.717) is 54.9 Å². The van der Waals surface area contributed by atoms with Gasteiger partial charge in [-0.05, 0) is 50.8 Å². The van der Waals surface area contributed by atoms with Gasteiger partial charge in [0.15, 0.2) is 5.82 Å². The average Bonchev–Trinajstić information content (AvgIpc) is 3.36. The van der Waals surface area contributed by atoms with Crippen molar-refractivity contribution in [3.8, 4) is 17.3 Å². The van der Waals surface area contributed by atoms with E-state index < -0.39 is 12.0 Å². The number of primary amides is 1. The minimum absolute atomic E-state index is 0.341. The average molecular weight is 478 g/mol. The van der Waals surface area contributed by atoms with Crippen LogP contribution in [0.2, 0.25) is 0 Å². The Balaban J connectivity index is 1.42. The summed E-state index contributed by atoms with van der Waals surface area (Å²) in [6.45, 7) is 6.21. The molecule has 0 bridgehead atoms. The monoisotopic (exact) mass is 477 g/mol. The van der Waals surface area contributed by atoms with Crippen LogP contribution in [0.5, 0.6) is 5.75 Å². The fraction of sp³-hybridized carbons (Fsp3) is 0.375. The van der Waals surface area contributed by atoms with Crippen LogP contribution < -0.4 is 10.5 Å². The number of nitrogens with two attached hydrogens (primary N) is 1. The molecule has 0 radical (unpaired) electrons. The maximum Gasteiger partial charge on any atom is 0.407 e. The summed E-state index contributed by atoms with van der Waals surface area (Å²) in [5, 5.41) is 15.0. The normalized spacial score (nSPS) is 13.9. The number of hydrogen-bond donors (Lipinski definition) is 3. The molecule has 4 N–H and O–H groups in total. The number of H-pyrrole nitrogens is 1. The number of aromatic amines is 1. The molecule has 1 aromatic carbocycles. The number of ether oxygens (including phenoxy) is 1. The molecule has 11 heteroatoms. The Bertz CT molecular complexity index is 1430. The third-order valence-corrected chi connectivity index (χ3v) is 6.38. The zero-order chi connectivity index (χ0) is 24.7. The highest BCUT2D eigenvalue weighted by Crippen LogP contribution is 2.33. The van der Waals surface area contributed by atoms with Gasteiger partial charge in [0, 0.05) is 42.2 Å². The van der Waals surface area contributed by atoms with Gasteiger partial charge < -0.3 is 25.5 Å². The molecule has 11 nitrogen and oxygen atoms in total. The second-order valence-electron chi connectivity index (χ2n) is 8.87. The van der Waals surface area contributed by atoms with Crippen LogP contribution in [-0.4, -0.2) is 66.4 Å². The fourth-order valence-electron chi connectivity index (χ4n) is 4.56. The first-order valence-electron chi connectivity index (χ1n) is 11.6. The van der Waals surface area contributed by atoms with Crippen molar-refractivity contribution in [2.45, 2.75) is 33.2 Å². The second-order valence-corrected chi connectivity index (χ2v) is 8.87. The Hall–Kier alpha value is -4.15. The molecular weight excluding hydrogens is 450 g/mol. The van der Waals surface area contributed by atoms with E-state index in [2.05, 4.69) is 15.1 Å². The van der Waals surface area contributed by atoms with E-state index in [1.807, 2.05) is 24.6 Å². The summed E-state index contributed by atoms with van der Waals surface area (Å²) < 4.78 is 7.91. The number of aryl methyl sites for hydroxylation is 2. The summed E-state index contributed by atoms with van der Waals surface area (Å²) in [7, 11) is 0. The third kappa shape index (κ3) is 4.25. The van der Waals surface area contributed by atoms with Gasteiger partial charge in [0.05, 0.1) is 17.8 Å². The van der Waals surface area contributed by atoms with E-state index >= 15 is 0 Å². The van der Waals surface area contributed by atoms with Gasteiger partial charge in [-0.15, -0.1) is 0 Å². The summed E-state index contributed by atoms with van der Waals surface area (Å²) in [5.41, 5.74) is 8.99. The summed E-state index contributed by atoms with van der Waals surface area (Å²) in [4.78, 5) is 36.9. The number of fused-ring (bicyclic) bond motifs is 3. The van der Waals surface area contributed by atoms with Crippen molar-refractivity contribution in [2.75, 3.05) is 19.7 Å². The van der Waals surface area contributed by atoms with Crippen LogP contribution in [0.15, 0.2) is 24.4 Å². The molecule has 182 valence electrons. The molecule has 2 amide bonds. The van der Waals surface area contributed by atoms with Crippen molar-refractivity contribution in [3.63, 3.8) is 0 Å². The Kier molecular flexibility index (Phi) is 5.75. The van der Waals surface area contributed by atoms with Crippen molar-refractivity contribution in [1.29, 1.82) is 0 Å². The highest BCUT2D eigenvalue weighted by Gasteiger charge is 2.29. The molecule has 4 aromatic rings.